The van der Waals surface area contributed by atoms with Gasteiger partial charge >= 0.3 is 6.03 Å². The Bertz CT molecular complexity index is 1220. The highest BCUT2D eigenvalue weighted by Crippen LogP contribution is 2.36. The summed E-state index contributed by atoms with van der Waals surface area (Å²) in [6.45, 7) is 1.14. The van der Waals surface area contributed by atoms with Crippen LogP contribution in [0, 0.1) is 5.82 Å². The fourth-order valence-electron chi connectivity index (χ4n) is 4.94. The standard InChI is InChI=1S/C22H22FN7O2/c23-14-7-5-13(6-8-14)10-28-17-4-2-1-3-15(17)16-9-18-21(31)30(12-20-24-26-27-25-20)22(32)29(18)11-19(16)28/h1-8,18,20,24-27H,9-12H2. The van der Waals surface area contributed by atoms with Gasteiger partial charge in [-0.25, -0.2) is 20.0 Å². The van der Waals surface area contributed by atoms with Gasteiger partial charge in [0.1, 0.15) is 18.0 Å². The molecule has 164 valence electrons. The summed E-state index contributed by atoms with van der Waals surface area (Å²) < 4.78 is 15.6. The van der Waals surface area contributed by atoms with Gasteiger partial charge in [-0.05, 0) is 29.3 Å². The largest absolute Gasteiger partial charge is 0.338 e. The Morgan fingerprint density at radius 3 is 2.53 bits per heavy atom. The Hall–Kier alpha value is -3.31. The van der Waals surface area contributed by atoms with Gasteiger partial charge < -0.3 is 9.47 Å². The lowest BCUT2D eigenvalue weighted by Crippen LogP contribution is -2.47. The number of fused-ring (bicyclic) bond motifs is 4. The smallest absolute Gasteiger partial charge is 0.327 e. The Labute approximate surface area is 183 Å². The summed E-state index contributed by atoms with van der Waals surface area (Å²) in [7, 11) is 0. The molecule has 2 fully saturated rings. The number of carbonyl (C=O) groups excluding carboxylic acids is 2. The molecule has 0 saturated carbocycles. The van der Waals surface area contributed by atoms with Gasteiger partial charge in [-0.2, -0.15) is 11.1 Å². The average Bonchev–Trinajstić information content (AvgIpc) is 3.49. The van der Waals surface area contributed by atoms with Crippen molar-refractivity contribution in [3.8, 4) is 0 Å². The van der Waals surface area contributed by atoms with Crippen LogP contribution in [0.15, 0.2) is 48.5 Å². The number of carbonyl (C=O) groups is 2. The molecular weight excluding hydrogens is 413 g/mol. The minimum Gasteiger partial charge on any atom is -0.338 e. The molecule has 32 heavy (non-hydrogen) atoms. The van der Waals surface area contributed by atoms with Gasteiger partial charge in [0, 0.05) is 29.6 Å². The normalized spacial score (nSPS) is 21.0. The number of amides is 3. The third-order valence-electron chi connectivity index (χ3n) is 6.49. The maximum Gasteiger partial charge on any atom is 0.327 e. The average molecular weight is 435 g/mol. The van der Waals surface area contributed by atoms with E-state index < -0.39 is 6.04 Å². The summed E-state index contributed by atoms with van der Waals surface area (Å²) in [6, 6.07) is 13.8. The van der Waals surface area contributed by atoms with Gasteiger partial charge in [-0.3, -0.25) is 9.69 Å². The molecule has 3 aromatic rings. The number of imide groups is 1. The molecule has 0 aliphatic carbocycles. The van der Waals surface area contributed by atoms with Gasteiger partial charge in [-0.15, -0.1) is 0 Å². The van der Waals surface area contributed by atoms with Crippen LogP contribution in [0.1, 0.15) is 16.8 Å². The number of aromatic nitrogens is 1. The van der Waals surface area contributed by atoms with E-state index in [4.69, 9.17) is 0 Å². The number of halogens is 1. The van der Waals surface area contributed by atoms with Crippen LogP contribution in [0.4, 0.5) is 9.18 Å². The number of hydrogen-bond donors (Lipinski definition) is 4. The monoisotopic (exact) mass is 435 g/mol. The minimum atomic E-state index is -0.498. The molecule has 4 N–H and O–H groups in total. The quantitative estimate of drug-likeness (QED) is 0.457. The minimum absolute atomic E-state index is 0.175. The lowest BCUT2D eigenvalue weighted by atomic mass is 9.97. The van der Waals surface area contributed by atoms with E-state index in [0.29, 0.717) is 19.5 Å². The molecule has 10 heteroatoms. The highest BCUT2D eigenvalue weighted by atomic mass is 19.1. The first-order chi connectivity index (χ1) is 15.6. The summed E-state index contributed by atoms with van der Waals surface area (Å²) in [5.41, 5.74) is 15.4. The first-order valence-corrected chi connectivity index (χ1v) is 10.6. The van der Waals surface area contributed by atoms with Crippen molar-refractivity contribution >= 4 is 22.8 Å². The SMILES string of the molecule is O=C1C2Cc3c(n(Cc4ccc(F)cc4)c4ccccc34)CN2C(=O)N1CC1NNNN1. The summed E-state index contributed by atoms with van der Waals surface area (Å²) in [4.78, 5) is 29.3. The molecule has 4 heterocycles. The molecule has 3 aliphatic heterocycles. The van der Waals surface area contributed by atoms with E-state index in [0.717, 1.165) is 27.7 Å². The first-order valence-electron chi connectivity index (χ1n) is 10.6. The number of hydrogen-bond acceptors (Lipinski definition) is 6. The first kappa shape index (κ1) is 19.4. The molecule has 0 radical (unpaired) electrons. The Morgan fingerprint density at radius 1 is 1.00 bits per heavy atom. The fourth-order valence-corrected chi connectivity index (χ4v) is 4.94. The van der Waals surface area contributed by atoms with E-state index >= 15 is 0 Å². The molecular formula is C22H22FN7O2. The highest BCUT2D eigenvalue weighted by molar-refractivity contribution is 6.05. The fraction of sp³-hybridized carbons (Fsp3) is 0.273. The number of nitrogens with zero attached hydrogens (tertiary/aromatic N) is 3. The zero-order valence-corrected chi connectivity index (χ0v) is 17.1. The van der Waals surface area contributed by atoms with Gasteiger partial charge in [0.05, 0.1) is 13.1 Å². The molecule has 3 amide bonds. The van der Waals surface area contributed by atoms with Crippen molar-refractivity contribution in [3.05, 3.63) is 71.2 Å². The highest BCUT2D eigenvalue weighted by Gasteiger charge is 2.49. The van der Waals surface area contributed by atoms with Crippen LogP contribution in [0.5, 0.6) is 0 Å². The van der Waals surface area contributed by atoms with Crippen molar-refractivity contribution in [2.75, 3.05) is 6.54 Å². The van der Waals surface area contributed by atoms with Gasteiger partial charge in [0.15, 0.2) is 0 Å². The lowest BCUT2D eigenvalue weighted by Gasteiger charge is -2.28. The molecule has 1 unspecified atom stereocenters. The molecule has 0 spiro atoms. The summed E-state index contributed by atoms with van der Waals surface area (Å²) in [6.07, 6.45) is 0.204. The van der Waals surface area contributed by atoms with E-state index in [1.54, 1.807) is 17.0 Å². The number of hydrazine groups is 3. The Balaban J connectivity index is 1.36. The van der Waals surface area contributed by atoms with Gasteiger partial charge in [0.2, 0.25) is 0 Å². The summed E-state index contributed by atoms with van der Waals surface area (Å²) in [5, 5.41) is 1.09. The molecule has 0 bridgehead atoms. The molecule has 6 rings (SSSR count). The van der Waals surface area contributed by atoms with Crippen molar-refractivity contribution < 1.29 is 14.0 Å². The summed E-state index contributed by atoms with van der Waals surface area (Å²) in [5.74, 6) is -0.444. The van der Waals surface area contributed by atoms with Crippen molar-refractivity contribution in [2.45, 2.75) is 31.7 Å². The number of para-hydroxylation sites is 1. The Morgan fingerprint density at radius 2 is 1.75 bits per heavy atom. The van der Waals surface area contributed by atoms with Crippen LogP contribution in [0.25, 0.3) is 10.9 Å². The second kappa shape index (κ2) is 7.38. The number of benzene rings is 2. The van der Waals surface area contributed by atoms with E-state index in [1.807, 2.05) is 12.1 Å². The van der Waals surface area contributed by atoms with Gasteiger partial charge in [0.25, 0.3) is 5.91 Å². The van der Waals surface area contributed by atoms with Crippen molar-refractivity contribution in [3.63, 3.8) is 0 Å². The van der Waals surface area contributed by atoms with Crippen LogP contribution in [-0.2, 0) is 24.3 Å². The predicted molar refractivity (Wildman–Crippen MR) is 114 cm³/mol. The summed E-state index contributed by atoms with van der Waals surface area (Å²) >= 11 is 0. The zero-order chi connectivity index (χ0) is 21.8. The van der Waals surface area contributed by atoms with Crippen LogP contribution >= 0.6 is 0 Å². The molecule has 2 aromatic carbocycles. The molecule has 3 aliphatic rings. The van der Waals surface area contributed by atoms with E-state index in [-0.39, 0.29) is 30.5 Å². The van der Waals surface area contributed by atoms with Crippen molar-refractivity contribution in [1.29, 1.82) is 0 Å². The second-order valence-electron chi connectivity index (χ2n) is 8.33. The van der Waals surface area contributed by atoms with Crippen LogP contribution in [-0.4, -0.2) is 45.1 Å². The number of urea groups is 1. The molecule has 9 nitrogen and oxygen atoms in total. The van der Waals surface area contributed by atoms with E-state index in [9.17, 15) is 14.0 Å². The van der Waals surface area contributed by atoms with Gasteiger partial charge in [-0.1, -0.05) is 30.3 Å². The Kier molecular flexibility index (Phi) is 4.47. The lowest BCUT2D eigenvalue weighted by molar-refractivity contribution is -0.128. The van der Waals surface area contributed by atoms with Crippen LogP contribution < -0.4 is 21.9 Å². The van der Waals surface area contributed by atoms with Crippen molar-refractivity contribution in [2.24, 2.45) is 0 Å². The maximum atomic E-state index is 13.4. The van der Waals surface area contributed by atoms with E-state index in [2.05, 4.69) is 38.6 Å². The topological polar surface area (TPSA) is 93.7 Å². The van der Waals surface area contributed by atoms with Crippen molar-refractivity contribution in [1.82, 2.24) is 36.3 Å². The maximum absolute atomic E-state index is 13.4. The molecule has 2 saturated heterocycles. The van der Waals surface area contributed by atoms with Crippen LogP contribution in [0.3, 0.4) is 0 Å². The third kappa shape index (κ3) is 3.00. The number of nitrogens with one attached hydrogen (secondary N) is 4. The van der Waals surface area contributed by atoms with Crippen LogP contribution in [0.2, 0.25) is 0 Å². The predicted octanol–water partition coefficient (Wildman–Crippen LogP) is 0.961. The van der Waals surface area contributed by atoms with E-state index in [1.165, 1.54) is 17.0 Å². The zero-order valence-electron chi connectivity index (χ0n) is 17.1. The molecule has 1 aromatic heterocycles. The molecule has 1 atom stereocenters. The number of rotatable bonds is 4. The second-order valence-corrected chi connectivity index (χ2v) is 8.33. The third-order valence-corrected chi connectivity index (χ3v) is 6.49.